The molecule has 2 aromatic carbocycles. The number of aryl methyl sites for hydroxylation is 1. The summed E-state index contributed by atoms with van der Waals surface area (Å²) in [5.74, 6) is -2.87. The highest BCUT2D eigenvalue weighted by Crippen LogP contribution is 2.44. The Hall–Kier alpha value is -4.64. The first-order valence-electron chi connectivity index (χ1n) is 10.7. The van der Waals surface area contributed by atoms with Gasteiger partial charge in [0.2, 0.25) is 5.78 Å². The zero-order valence-corrected chi connectivity index (χ0v) is 19.7. The van der Waals surface area contributed by atoms with Crippen molar-refractivity contribution in [2.24, 2.45) is 0 Å². The maximum atomic E-state index is 13.6. The summed E-state index contributed by atoms with van der Waals surface area (Å²) in [7, 11) is 0. The first kappa shape index (κ1) is 23.1. The van der Waals surface area contributed by atoms with Gasteiger partial charge in [-0.3, -0.25) is 29.4 Å². The second-order valence-corrected chi connectivity index (χ2v) is 9.11. The number of nitrogens with zero attached hydrogens (tertiary/aromatic N) is 3. The van der Waals surface area contributed by atoms with E-state index >= 15 is 0 Å². The van der Waals surface area contributed by atoms with Crippen LogP contribution in [0.4, 0.5) is 10.8 Å². The Morgan fingerprint density at radius 3 is 2.58 bits per heavy atom. The molecule has 180 valence electrons. The molecule has 10 nitrogen and oxygen atoms in total. The van der Waals surface area contributed by atoms with Crippen LogP contribution < -0.4 is 4.90 Å². The molecule has 36 heavy (non-hydrogen) atoms. The van der Waals surface area contributed by atoms with Crippen LogP contribution >= 0.6 is 11.3 Å². The number of aliphatic hydroxyl groups is 1. The fourth-order valence-electron chi connectivity index (χ4n) is 4.20. The Bertz CT molecular complexity index is 1600. The Morgan fingerprint density at radius 2 is 1.92 bits per heavy atom. The van der Waals surface area contributed by atoms with Gasteiger partial charge in [-0.05, 0) is 24.6 Å². The first-order chi connectivity index (χ1) is 17.2. The van der Waals surface area contributed by atoms with Gasteiger partial charge >= 0.3 is 0 Å². The summed E-state index contributed by atoms with van der Waals surface area (Å²) >= 11 is 0.931. The Balaban J connectivity index is 1.69. The molecule has 0 saturated heterocycles. The summed E-state index contributed by atoms with van der Waals surface area (Å²) in [6.45, 7) is 2.97. The van der Waals surface area contributed by atoms with Gasteiger partial charge in [0.1, 0.15) is 5.58 Å². The summed E-state index contributed by atoms with van der Waals surface area (Å²) in [6.07, 6.45) is 0. The normalized spacial score (nSPS) is 15.7. The zero-order valence-electron chi connectivity index (χ0n) is 18.9. The van der Waals surface area contributed by atoms with Crippen LogP contribution in [0, 0.1) is 17.0 Å². The number of ketones is 2. The number of amides is 1. The number of carbonyl (C=O) groups is 3. The number of aromatic nitrogens is 1. The molecule has 0 spiro atoms. The number of anilines is 1. The number of carbonyl (C=O) groups excluding carboxylic acids is 3. The molecule has 4 aromatic rings. The van der Waals surface area contributed by atoms with Gasteiger partial charge in [-0.15, -0.1) is 0 Å². The van der Waals surface area contributed by atoms with E-state index in [9.17, 15) is 29.6 Å². The molecule has 5 rings (SSSR count). The van der Waals surface area contributed by atoms with Gasteiger partial charge < -0.3 is 9.52 Å². The molecular formula is C25H17N3O7S. The molecule has 1 unspecified atom stereocenters. The van der Waals surface area contributed by atoms with Gasteiger partial charge in [0.25, 0.3) is 11.6 Å². The van der Waals surface area contributed by atoms with E-state index in [4.69, 9.17) is 4.42 Å². The van der Waals surface area contributed by atoms with Crippen molar-refractivity contribution in [3.8, 4) is 0 Å². The zero-order chi connectivity index (χ0) is 25.7. The first-order valence-corrected chi connectivity index (χ1v) is 11.5. The summed E-state index contributed by atoms with van der Waals surface area (Å²) in [6, 6.07) is 12.6. The highest BCUT2D eigenvalue weighted by molar-refractivity contribution is 7.17. The van der Waals surface area contributed by atoms with E-state index in [2.05, 4.69) is 4.98 Å². The van der Waals surface area contributed by atoms with Gasteiger partial charge in [-0.1, -0.05) is 41.7 Å². The molecule has 0 bridgehead atoms. The lowest BCUT2D eigenvalue weighted by atomic mass is 9.95. The molecule has 3 heterocycles. The minimum atomic E-state index is -1.25. The van der Waals surface area contributed by atoms with Crippen LogP contribution in [0.25, 0.3) is 11.0 Å². The Morgan fingerprint density at radius 1 is 1.17 bits per heavy atom. The van der Waals surface area contributed by atoms with Crippen molar-refractivity contribution in [3.05, 3.63) is 97.9 Å². The summed E-state index contributed by atoms with van der Waals surface area (Å²) in [4.78, 5) is 55.5. The smallest absolute Gasteiger partial charge is 0.296 e. The average Bonchev–Trinajstić information content (AvgIpc) is 3.53. The number of non-ortho nitro benzene ring substituents is 1. The van der Waals surface area contributed by atoms with Crippen molar-refractivity contribution in [1.82, 2.24) is 4.98 Å². The Kier molecular flexibility index (Phi) is 5.48. The summed E-state index contributed by atoms with van der Waals surface area (Å²) in [5.41, 5.74) is 0.456. The molecule has 0 radical (unpaired) electrons. The van der Waals surface area contributed by atoms with Crippen molar-refractivity contribution in [3.63, 3.8) is 0 Å². The third kappa shape index (κ3) is 3.66. The van der Waals surface area contributed by atoms with E-state index in [1.54, 1.807) is 31.2 Å². The highest BCUT2D eigenvalue weighted by atomic mass is 32.1. The number of furan rings is 1. The number of rotatable bonds is 6. The van der Waals surface area contributed by atoms with Gasteiger partial charge in [0.05, 0.1) is 27.1 Å². The third-order valence-electron chi connectivity index (χ3n) is 5.81. The fraction of sp³-hybridized carbons (Fsp3) is 0.120. The van der Waals surface area contributed by atoms with Crippen molar-refractivity contribution in [1.29, 1.82) is 0 Å². The molecule has 1 N–H and O–H groups in total. The summed E-state index contributed by atoms with van der Waals surface area (Å²) in [5, 5.41) is 23.1. The number of aliphatic hydroxyl groups excluding tert-OH is 1. The van der Waals surface area contributed by atoms with Gasteiger partial charge in [0, 0.05) is 24.4 Å². The third-order valence-corrected chi connectivity index (χ3v) is 7.07. The highest BCUT2D eigenvalue weighted by Gasteiger charge is 2.47. The van der Waals surface area contributed by atoms with Crippen LogP contribution in [0.1, 0.15) is 44.4 Å². The largest absolute Gasteiger partial charge is 0.503 e. The van der Waals surface area contributed by atoms with Crippen LogP contribution in [-0.2, 0) is 4.79 Å². The van der Waals surface area contributed by atoms with Crippen molar-refractivity contribution >= 4 is 50.6 Å². The number of hydrogen-bond acceptors (Lipinski definition) is 9. The van der Waals surface area contributed by atoms with Crippen molar-refractivity contribution < 1.29 is 28.8 Å². The van der Waals surface area contributed by atoms with Gasteiger partial charge in [-0.2, -0.15) is 0 Å². The maximum Gasteiger partial charge on any atom is 0.296 e. The van der Waals surface area contributed by atoms with E-state index < -0.39 is 28.4 Å². The lowest BCUT2D eigenvalue weighted by Gasteiger charge is -2.24. The lowest BCUT2D eigenvalue weighted by molar-refractivity contribution is -0.384. The quantitative estimate of drug-likeness (QED) is 0.218. The molecule has 0 saturated carbocycles. The standard InChI is InChI=1S/C25H17N3O7S/c1-12-23(13(2)29)36-25(26-12)27-20(15-7-5-8-16(10-15)28(33)34)19(22(31)24(27)32)21(30)18-11-14-6-3-4-9-17(14)35-18/h3-11,20,31H,1-2H3. The van der Waals surface area contributed by atoms with E-state index in [0.717, 1.165) is 16.2 Å². The van der Waals surface area contributed by atoms with E-state index in [-0.39, 0.29) is 33.5 Å². The molecule has 0 aliphatic carbocycles. The van der Waals surface area contributed by atoms with Gasteiger partial charge in [0.15, 0.2) is 22.4 Å². The number of hydrogen-bond donors (Lipinski definition) is 1. The molecule has 1 aliphatic heterocycles. The van der Waals surface area contributed by atoms with Crippen LogP contribution in [0.2, 0.25) is 0 Å². The molecule has 1 amide bonds. The topological polar surface area (TPSA) is 144 Å². The van der Waals surface area contributed by atoms with E-state index in [1.165, 1.54) is 37.3 Å². The fourth-order valence-corrected chi connectivity index (χ4v) is 5.19. The number of benzene rings is 2. The number of nitro benzene ring substituents is 1. The van der Waals surface area contributed by atoms with Crippen molar-refractivity contribution in [2.45, 2.75) is 19.9 Å². The molecule has 1 aliphatic rings. The van der Waals surface area contributed by atoms with Crippen LogP contribution in [0.5, 0.6) is 0 Å². The van der Waals surface area contributed by atoms with Crippen molar-refractivity contribution in [2.75, 3.05) is 4.90 Å². The molecular weight excluding hydrogens is 486 g/mol. The molecule has 11 heteroatoms. The minimum absolute atomic E-state index is 0.0677. The van der Waals surface area contributed by atoms with Crippen LogP contribution in [0.15, 0.2) is 70.3 Å². The lowest BCUT2D eigenvalue weighted by Crippen LogP contribution is -2.31. The number of fused-ring (bicyclic) bond motifs is 1. The Labute approximate surface area is 207 Å². The monoisotopic (exact) mass is 503 g/mol. The average molecular weight is 503 g/mol. The second-order valence-electron chi connectivity index (χ2n) is 8.14. The van der Waals surface area contributed by atoms with E-state index in [0.29, 0.717) is 21.5 Å². The summed E-state index contributed by atoms with van der Waals surface area (Å²) < 4.78 is 5.68. The van der Waals surface area contributed by atoms with Crippen LogP contribution in [-0.4, -0.2) is 32.5 Å². The second kappa shape index (κ2) is 8.54. The molecule has 0 fully saturated rings. The number of para-hydroxylation sites is 1. The predicted octanol–water partition coefficient (Wildman–Crippen LogP) is 5.09. The SMILES string of the molecule is CC(=O)c1sc(N2C(=O)C(O)=C(C(=O)c3cc4ccccc4o3)C2c2cccc([N+](=O)[O-])c2)nc1C. The van der Waals surface area contributed by atoms with Crippen LogP contribution in [0.3, 0.4) is 0 Å². The predicted molar refractivity (Wildman–Crippen MR) is 130 cm³/mol. The van der Waals surface area contributed by atoms with E-state index in [1.807, 2.05) is 0 Å². The molecule has 1 atom stereocenters. The van der Waals surface area contributed by atoms with Gasteiger partial charge in [-0.25, -0.2) is 4.98 Å². The minimum Gasteiger partial charge on any atom is -0.503 e. The molecule has 2 aromatic heterocycles. The number of thiazole rings is 1. The number of nitro groups is 1. The number of Topliss-reactive ketones (excluding diaryl/α,β-unsaturated/α-hetero) is 2. The maximum absolute atomic E-state index is 13.6.